The largest absolute Gasteiger partial charge is 0.497 e. The van der Waals surface area contributed by atoms with Crippen LogP contribution in [0.4, 0.5) is 0 Å². The Morgan fingerprint density at radius 3 is 2.42 bits per heavy atom. The Labute approximate surface area is 154 Å². The van der Waals surface area contributed by atoms with Gasteiger partial charge in [-0.1, -0.05) is 0 Å². The Morgan fingerprint density at radius 2 is 1.85 bits per heavy atom. The minimum absolute atomic E-state index is 0.167. The fourth-order valence-corrected chi connectivity index (χ4v) is 3.45. The van der Waals surface area contributed by atoms with Gasteiger partial charge in [-0.3, -0.25) is 4.79 Å². The summed E-state index contributed by atoms with van der Waals surface area (Å²) in [7, 11) is 1.64. The third kappa shape index (κ3) is 3.36. The highest BCUT2D eigenvalue weighted by atomic mass is 16.5. The molecule has 1 fully saturated rings. The predicted molar refractivity (Wildman–Crippen MR) is 101 cm³/mol. The number of aryl methyl sites for hydroxylation is 1. The van der Waals surface area contributed by atoms with E-state index in [1.165, 1.54) is 0 Å². The summed E-state index contributed by atoms with van der Waals surface area (Å²) >= 11 is 0. The summed E-state index contributed by atoms with van der Waals surface area (Å²) < 4.78 is 7.33. The van der Waals surface area contributed by atoms with Crippen LogP contribution in [-0.4, -0.2) is 35.6 Å². The zero-order chi connectivity index (χ0) is 18.7. The van der Waals surface area contributed by atoms with Gasteiger partial charge >= 0.3 is 0 Å². The number of benzene rings is 1. The van der Waals surface area contributed by atoms with Crippen LogP contribution in [-0.2, 0) is 4.79 Å². The lowest BCUT2D eigenvalue weighted by Gasteiger charge is -2.14. The van der Waals surface area contributed by atoms with Gasteiger partial charge in [-0.15, -0.1) is 0 Å². The first-order chi connectivity index (χ1) is 12.5. The van der Waals surface area contributed by atoms with E-state index in [0.29, 0.717) is 0 Å². The summed E-state index contributed by atoms with van der Waals surface area (Å²) in [6.45, 7) is 5.49. The van der Waals surface area contributed by atoms with Gasteiger partial charge < -0.3 is 14.2 Å². The maximum atomic E-state index is 12.5. The molecular formula is C21H23N3O2. The molecule has 5 nitrogen and oxygen atoms in total. The van der Waals surface area contributed by atoms with E-state index in [1.54, 1.807) is 18.1 Å². The third-order valence-corrected chi connectivity index (χ3v) is 4.84. The molecule has 0 aliphatic carbocycles. The van der Waals surface area contributed by atoms with Crippen molar-refractivity contribution < 1.29 is 9.53 Å². The summed E-state index contributed by atoms with van der Waals surface area (Å²) in [5.41, 5.74) is 4.15. The molecule has 0 radical (unpaired) electrons. The number of aromatic nitrogens is 1. The van der Waals surface area contributed by atoms with Gasteiger partial charge in [0, 0.05) is 30.2 Å². The molecule has 1 saturated heterocycles. The Kier molecular flexibility index (Phi) is 5.13. The van der Waals surface area contributed by atoms with Crippen molar-refractivity contribution in [1.29, 1.82) is 5.26 Å². The second-order valence-electron chi connectivity index (χ2n) is 6.53. The van der Waals surface area contributed by atoms with Crippen LogP contribution in [0.15, 0.2) is 35.9 Å². The maximum Gasteiger partial charge on any atom is 0.264 e. The topological polar surface area (TPSA) is 58.3 Å². The number of carbonyl (C=O) groups is 1. The number of nitrogens with zero attached hydrogens (tertiary/aromatic N) is 3. The van der Waals surface area contributed by atoms with Crippen LogP contribution in [0.2, 0.25) is 0 Å². The summed E-state index contributed by atoms with van der Waals surface area (Å²) in [6, 6.07) is 11.9. The molecule has 0 atom stereocenters. The molecule has 5 heteroatoms. The number of ether oxygens (including phenoxy) is 1. The van der Waals surface area contributed by atoms with E-state index in [0.717, 1.165) is 54.3 Å². The minimum atomic E-state index is -0.167. The van der Waals surface area contributed by atoms with Crippen molar-refractivity contribution in [2.45, 2.75) is 26.7 Å². The van der Waals surface area contributed by atoms with Crippen LogP contribution in [0, 0.1) is 25.2 Å². The second kappa shape index (κ2) is 7.49. The zero-order valence-electron chi connectivity index (χ0n) is 15.5. The molecule has 1 amide bonds. The van der Waals surface area contributed by atoms with Crippen molar-refractivity contribution in [3.8, 4) is 17.5 Å². The lowest BCUT2D eigenvalue weighted by Crippen LogP contribution is -2.28. The highest BCUT2D eigenvalue weighted by Gasteiger charge is 2.22. The monoisotopic (exact) mass is 349 g/mol. The number of hydrogen-bond donors (Lipinski definition) is 0. The van der Waals surface area contributed by atoms with Crippen LogP contribution in [0.5, 0.6) is 5.75 Å². The smallest absolute Gasteiger partial charge is 0.264 e. The first-order valence-electron chi connectivity index (χ1n) is 8.79. The molecule has 2 heterocycles. The lowest BCUT2D eigenvalue weighted by atomic mass is 10.1. The quantitative estimate of drug-likeness (QED) is 0.625. The number of methoxy groups -OCH3 is 1. The molecule has 0 unspecified atom stereocenters. The molecule has 1 aromatic heterocycles. The Balaban J connectivity index is 1.95. The Morgan fingerprint density at radius 1 is 1.19 bits per heavy atom. The van der Waals surface area contributed by atoms with Crippen LogP contribution < -0.4 is 4.74 Å². The molecule has 134 valence electrons. The summed E-state index contributed by atoms with van der Waals surface area (Å²) in [5.74, 6) is 0.638. The summed E-state index contributed by atoms with van der Waals surface area (Å²) in [4.78, 5) is 14.3. The second-order valence-corrected chi connectivity index (χ2v) is 6.53. The van der Waals surface area contributed by atoms with Crippen molar-refractivity contribution in [3.63, 3.8) is 0 Å². The third-order valence-electron chi connectivity index (χ3n) is 4.84. The average Bonchev–Trinajstić information content (AvgIpc) is 3.28. The van der Waals surface area contributed by atoms with E-state index in [1.807, 2.05) is 44.2 Å². The SMILES string of the molecule is COc1ccc(-n2c(C)cc(/C=C(\C#N)C(=O)N3CCCC3)c2C)cc1. The molecule has 1 aliphatic heterocycles. The van der Waals surface area contributed by atoms with Crippen LogP contribution in [0.3, 0.4) is 0 Å². The zero-order valence-corrected chi connectivity index (χ0v) is 15.5. The van der Waals surface area contributed by atoms with Gasteiger partial charge in [-0.25, -0.2) is 0 Å². The predicted octanol–water partition coefficient (Wildman–Crippen LogP) is 3.63. The van der Waals surface area contributed by atoms with Crippen LogP contribution in [0.25, 0.3) is 11.8 Å². The first-order valence-corrected chi connectivity index (χ1v) is 8.79. The summed E-state index contributed by atoms with van der Waals surface area (Å²) in [5, 5.41) is 9.47. The molecule has 0 spiro atoms. The number of hydrogen-bond acceptors (Lipinski definition) is 3. The fraction of sp³-hybridized carbons (Fsp3) is 0.333. The molecule has 0 bridgehead atoms. The van der Waals surface area contributed by atoms with E-state index < -0.39 is 0 Å². The Hall–Kier alpha value is -3.00. The summed E-state index contributed by atoms with van der Waals surface area (Å²) in [6.07, 6.45) is 3.73. The van der Waals surface area contributed by atoms with Crippen LogP contribution in [0.1, 0.15) is 29.8 Å². The number of likely N-dealkylation sites (tertiary alicyclic amines) is 1. The Bertz CT molecular complexity index is 879. The number of nitriles is 1. The van der Waals surface area contributed by atoms with Gasteiger partial charge in [0.1, 0.15) is 17.4 Å². The van der Waals surface area contributed by atoms with Gasteiger partial charge in [0.25, 0.3) is 5.91 Å². The van der Waals surface area contributed by atoms with Gasteiger partial charge in [-0.05, 0) is 68.7 Å². The molecule has 1 aromatic carbocycles. The molecule has 3 rings (SSSR count). The molecule has 0 saturated carbocycles. The molecular weight excluding hydrogens is 326 g/mol. The standard InChI is InChI=1S/C21H23N3O2/c1-15-12-17(13-18(14-22)21(25)23-10-4-5-11-23)16(2)24(15)19-6-8-20(26-3)9-7-19/h6-9,12-13H,4-5,10-11H2,1-3H3/b18-13+. The fourth-order valence-electron chi connectivity index (χ4n) is 3.45. The molecule has 26 heavy (non-hydrogen) atoms. The van der Waals surface area contributed by atoms with Crippen molar-refractivity contribution in [2.75, 3.05) is 20.2 Å². The van der Waals surface area contributed by atoms with E-state index in [2.05, 4.69) is 10.6 Å². The number of rotatable bonds is 4. The van der Waals surface area contributed by atoms with Crippen molar-refractivity contribution >= 4 is 12.0 Å². The first kappa shape index (κ1) is 17.8. The van der Waals surface area contributed by atoms with Gasteiger partial charge in [0.15, 0.2) is 0 Å². The van der Waals surface area contributed by atoms with Crippen molar-refractivity contribution in [1.82, 2.24) is 9.47 Å². The highest BCUT2D eigenvalue weighted by Crippen LogP contribution is 2.25. The van der Waals surface area contributed by atoms with Gasteiger partial charge in [0.2, 0.25) is 0 Å². The van der Waals surface area contributed by atoms with Gasteiger partial charge in [0.05, 0.1) is 7.11 Å². The number of amides is 1. The van der Waals surface area contributed by atoms with Crippen molar-refractivity contribution in [2.24, 2.45) is 0 Å². The lowest BCUT2D eigenvalue weighted by molar-refractivity contribution is -0.125. The van der Waals surface area contributed by atoms with E-state index in [4.69, 9.17) is 4.74 Å². The van der Waals surface area contributed by atoms with E-state index in [9.17, 15) is 10.1 Å². The normalized spacial score (nSPS) is 14.4. The van der Waals surface area contributed by atoms with Gasteiger partial charge in [-0.2, -0.15) is 5.26 Å². The minimum Gasteiger partial charge on any atom is -0.497 e. The highest BCUT2D eigenvalue weighted by molar-refractivity contribution is 6.02. The van der Waals surface area contributed by atoms with E-state index >= 15 is 0 Å². The molecule has 2 aromatic rings. The van der Waals surface area contributed by atoms with Crippen molar-refractivity contribution in [3.05, 3.63) is 52.9 Å². The molecule has 1 aliphatic rings. The average molecular weight is 349 g/mol. The van der Waals surface area contributed by atoms with E-state index in [-0.39, 0.29) is 11.5 Å². The number of carbonyl (C=O) groups excluding carboxylic acids is 1. The van der Waals surface area contributed by atoms with Crippen LogP contribution >= 0.6 is 0 Å². The molecule has 0 N–H and O–H groups in total. The maximum absolute atomic E-state index is 12.5.